The van der Waals surface area contributed by atoms with E-state index in [4.69, 9.17) is 9.47 Å². The Kier molecular flexibility index (Phi) is 8.31. The maximum atomic E-state index is 11.8. The number of nitro groups is 1. The Bertz CT molecular complexity index is 1060. The first kappa shape index (κ1) is 23.7. The van der Waals surface area contributed by atoms with Crippen molar-refractivity contribution in [3.05, 3.63) is 88.7 Å². The van der Waals surface area contributed by atoms with Crippen LogP contribution in [0.2, 0.25) is 0 Å². The Labute approximate surface area is 192 Å². The Morgan fingerprint density at radius 2 is 1.85 bits per heavy atom. The number of rotatable bonds is 10. The van der Waals surface area contributed by atoms with E-state index in [2.05, 4.69) is 10.4 Å². The first-order valence-electron chi connectivity index (χ1n) is 10.4. The fourth-order valence-electron chi connectivity index (χ4n) is 3.28. The van der Waals surface area contributed by atoms with Crippen molar-refractivity contribution in [2.75, 3.05) is 20.8 Å². The number of hydrogen-bond acceptors (Lipinski definition) is 7. The molecule has 1 unspecified atom stereocenters. The highest BCUT2D eigenvalue weighted by atomic mass is 16.6. The van der Waals surface area contributed by atoms with Gasteiger partial charge in [0.25, 0.3) is 5.69 Å². The largest absolute Gasteiger partial charge is 0.492 e. The van der Waals surface area contributed by atoms with Crippen LogP contribution in [0.15, 0.2) is 73.1 Å². The van der Waals surface area contributed by atoms with Gasteiger partial charge in [-0.1, -0.05) is 24.3 Å². The van der Waals surface area contributed by atoms with E-state index in [1.54, 1.807) is 25.5 Å². The van der Waals surface area contributed by atoms with Gasteiger partial charge in [-0.2, -0.15) is 0 Å². The van der Waals surface area contributed by atoms with Gasteiger partial charge < -0.3 is 9.47 Å². The average Bonchev–Trinajstić information content (AvgIpc) is 2.86. The van der Waals surface area contributed by atoms with Gasteiger partial charge in [0.05, 0.1) is 18.1 Å². The van der Waals surface area contributed by atoms with E-state index in [1.807, 2.05) is 42.5 Å². The van der Waals surface area contributed by atoms with Crippen LogP contribution in [0.3, 0.4) is 0 Å². The molecule has 9 nitrogen and oxygen atoms in total. The van der Waals surface area contributed by atoms with Gasteiger partial charge in [0.1, 0.15) is 12.4 Å². The molecule has 0 saturated carbocycles. The molecule has 1 amide bonds. The van der Waals surface area contributed by atoms with Gasteiger partial charge in [0, 0.05) is 31.6 Å². The third kappa shape index (κ3) is 7.01. The third-order valence-corrected chi connectivity index (χ3v) is 5.05. The number of nitrogens with zero attached hydrogens (tertiary/aromatic N) is 3. The minimum atomic E-state index is -0.495. The van der Waals surface area contributed by atoms with E-state index < -0.39 is 11.0 Å². The lowest BCUT2D eigenvalue weighted by molar-refractivity contribution is -0.384. The summed E-state index contributed by atoms with van der Waals surface area (Å²) in [5, 5.41) is 12.3. The molecule has 2 aromatic carbocycles. The van der Waals surface area contributed by atoms with Crippen LogP contribution in [-0.4, -0.2) is 47.8 Å². The predicted octanol–water partition coefficient (Wildman–Crippen LogP) is 4.24. The zero-order valence-electron chi connectivity index (χ0n) is 18.5. The number of carbonyl (C=O) groups excluding carboxylic acids is 1. The number of pyridine rings is 1. The van der Waals surface area contributed by atoms with Crippen molar-refractivity contribution in [3.8, 4) is 16.9 Å². The molecule has 1 N–H and O–H groups in total. The highest BCUT2D eigenvalue weighted by Crippen LogP contribution is 2.25. The lowest BCUT2D eigenvalue weighted by Crippen LogP contribution is -2.48. The Morgan fingerprint density at radius 1 is 1.12 bits per heavy atom. The number of carbonyl (C=O) groups is 1. The van der Waals surface area contributed by atoms with Crippen LogP contribution in [0.1, 0.15) is 12.0 Å². The number of methoxy groups -OCH3 is 1. The van der Waals surface area contributed by atoms with Gasteiger partial charge in [0.15, 0.2) is 0 Å². The fraction of sp³-hybridized carbons (Fsp3) is 0.250. The van der Waals surface area contributed by atoms with Crippen LogP contribution in [0.25, 0.3) is 11.1 Å². The minimum absolute atomic E-state index is 0.0469. The lowest BCUT2D eigenvalue weighted by Gasteiger charge is -2.25. The first-order valence-corrected chi connectivity index (χ1v) is 10.4. The monoisotopic (exact) mass is 450 g/mol. The molecule has 0 aliphatic rings. The van der Waals surface area contributed by atoms with Crippen molar-refractivity contribution in [1.29, 1.82) is 0 Å². The zero-order valence-corrected chi connectivity index (χ0v) is 18.5. The molecule has 3 rings (SSSR count). The van der Waals surface area contributed by atoms with Crippen LogP contribution in [0.5, 0.6) is 5.75 Å². The number of benzene rings is 2. The SMILES string of the molecule is COC(=O)N(C)NC(CCc1ccncc1)COc1ccc(-c2cccc([N+](=O)[O-])c2)cc1. The van der Waals surface area contributed by atoms with Gasteiger partial charge in [-0.05, 0) is 53.8 Å². The molecule has 0 aliphatic carbocycles. The Balaban J connectivity index is 1.64. The molecule has 172 valence electrons. The van der Waals surface area contributed by atoms with E-state index in [9.17, 15) is 14.9 Å². The van der Waals surface area contributed by atoms with E-state index in [-0.39, 0.29) is 11.7 Å². The summed E-state index contributed by atoms with van der Waals surface area (Å²) in [5.74, 6) is 0.653. The van der Waals surface area contributed by atoms with E-state index in [0.717, 1.165) is 29.5 Å². The predicted molar refractivity (Wildman–Crippen MR) is 124 cm³/mol. The van der Waals surface area contributed by atoms with E-state index in [0.29, 0.717) is 12.4 Å². The molecule has 1 atom stereocenters. The minimum Gasteiger partial charge on any atom is -0.492 e. The molecular formula is C24H26N4O5. The summed E-state index contributed by atoms with van der Waals surface area (Å²) in [6, 6.07) is 17.6. The Morgan fingerprint density at radius 3 is 2.52 bits per heavy atom. The molecule has 33 heavy (non-hydrogen) atoms. The molecular weight excluding hydrogens is 424 g/mol. The van der Waals surface area contributed by atoms with Gasteiger partial charge in [-0.3, -0.25) is 15.1 Å². The second kappa shape index (κ2) is 11.6. The van der Waals surface area contributed by atoms with Crippen LogP contribution in [0.4, 0.5) is 10.5 Å². The van der Waals surface area contributed by atoms with Crippen LogP contribution in [0, 0.1) is 10.1 Å². The number of non-ortho nitro benzene ring substituents is 1. The summed E-state index contributed by atoms with van der Waals surface area (Å²) in [6.07, 6.45) is 4.50. The molecule has 3 aromatic rings. The van der Waals surface area contributed by atoms with Crippen LogP contribution >= 0.6 is 0 Å². The molecule has 1 aromatic heterocycles. The molecule has 0 spiro atoms. The number of hydrazine groups is 1. The van der Waals surface area contributed by atoms with Crippen LogP contribution in [-0.2, 0) is 11.2 Å². The van der Waals surface area contributed by atoms with Gasteiger partial charge in [0.2, 0.25) is 0 Å². The van der Waals surface area contributed by atoms with Crippen molar-refractivity contribution in [2.45, 2.75) is 18.9 Å². The van der Waals surface area contributed by atoms with Crippen molar-refractivity contribution < 1.29 is 19.2 Å². The normalized spacial score (nSPS) is 11.5. The average molecular weight is 450 g/mol. The van der Waals surface area contributed by atoms with Crippen molar-refractivity contribution in [1.82, 2.24) is 15.4 Å². The smallest absolute Gasteiger partial charge is 0.423 e. The van der Waals surface area contributed by atoms with E-state index in [1.165, 1.54) is 24.3 Å². The number of ether oxygens (including phenoxy) is 2. The molecule has 0 saturated heterocycles. The first-order chi connectivity index (χ1) is 16.0. The van der Waals surface area contributed by atoms with Gasteiger partial charge >= 0.3 is 6.09 Å². The molecule has 0 bridgehead atoms. The second-order valence-corrected chi connectivity index (χ2v) is 7.39. The number of nitrogens with one attached hydrogen (secondary N) is 1. The summed E-state index contributed by atoms with van der Waals surface area (Å²) < 4.78 is 10.7. The standard InChI is InChI=1S/C24H26N4O5/c1-27(24(29)32-2)26-21(9-6-18-12-14-25-15-13-18)17-33-23-10-7-19(8-11-23)20-4-3-5-22(16-20)28(30)31/h3-5,7-8,10-16,21,26H,6,9,17H2,1-2H3. The zero-order chi connectivity index (χ0) is 23.6. The third-order valence-electron chi connectivity index (χ3n) is 5.05. The number of nitro benzene ring substituents is 1. The maximum Gasteiger partial charge on any atom is 0.423 e. The van der Waals surface area contributed by atoms with Crippen LogP contribution < -0.4 is 10.2 Å². The summed E-state index contributed by atoms with van der Waals surface area (Å²) in [7, 11) is 2.92. The summed E-state index contributed by atoms with van der Waals surface area (Å²) in [6.45, 7) is 0.322. The molecule has 0 aliphatic heterocycles. The van der Waals surface area contributed by atoms with E-state index >= 15 is 0 Å². The second-order valence-electron chi connectivity index (χ2n) is 7.39. The molecule has 1 heterocycles. The maximum absolute atomic E-state index is 11.8. The van der Waals surface area contributed by atoms with Crippen molar-refractivity contribution in [3.63, 3.8) is 0 Å². The fourth-order valence-corrected chi connectivity index (χ4v) is 3.28. The summed E-state index contributed by atoms with van der Waals surface area (Å²) >= 11 is 0. The highest BCUT2D eigenvalue weighted by Gasteiger charge is 2.16. The van der Waals surface area contributed by atoms with Crippen molar-refractivity contribution >= 4 is 11.8 Å². The molecule has 0 fully saturated rings. The lowest BCUT2D eigenvalue weighted by atomic mass is 10.1. The number of hydrogen-bond donors (Lipinski definition) is 1. The topological polar surface area (TPSA) is 107 Å². The van der Waals surface area contributed by atoms with Gasteiger partial charge in [-0.25, -0.2) is 15.2 Å². The number of aryl methyl sites for hydroxylation is 1. The summed E-state index contributed by atoms with van der Waals surface area (Å²) in [4.78, 5) is 26.4. The highest BCUT2D eigenvalue weighted by molar-refractivity contribution is 5.67. The molecule has 0 radical (unpaired) electrons. The quantitative estimate of drug-likeness (QED) is 0.364. The van der Waals surface area contributed by atoms with Crippen molar-refractivity contribution in [2.24, 2.45) is 0 Å². The number of aromatic nitrogens is 1. The molecule has 9 heteroatoms. The summed E-state index contributed by atoms with van der Waals surface area (Å²) in [5.41, 5.74) is 5.91. The Hall–Kier alpha value is -3.98. The van der Waals surface area contributed by atoms with Gasteiger partial charge in [-0.15, -0.1) is 0 Å². The number of amides is 1.